The molecule has 0 aliphatic carbocycles. The Morgan fingerprint density at radius 3 is 2.40 bits per heavy atom. The quantitative estimate of drug-likeness (QED) is 0.480. The monoisotopic (exact) mass is 214 g/mol. The molecule has 0 saturated heterocycles. The minimum Gasteiger partial charge on any atom is -0.481 e. The molecule has 0 bridgehead atoms. The van der Waals surface area contributed by atoms with Gasteiger partial charge in [-0.2, -0.15) is 0 Å². The molecule has 0 saturated carbocycles. The minimum absolute atomic E-state index is 0.256. The van der Waals surface area contributed by atoms with Crippen molar-refractivity contribution in [2.24, 2.45) is 5.92 Å². The Labute approximate surface area is 89.6 Å². The van der Waals surface area contributed by atoms with Gasteiger partial charge in [0, 0.05) is 6.08 Å². The van der Waals surface area contributed by atoms with E-state index in [9.17, 15) is 9.59 Å². The average Bonchev–Trinajstić information content (AvgIpc) is 2.15. The van der Waals surface area contributed by atoms with Crippen molar-refractivity contribution >= 4 is 11.9 Å². The zero-order chi connectivity index (χ0) is 11.7. The molecule has 0 amide bonds. The first-order valence-corrected chi connectivity index (χ1v) is 5.20. The molecule has 0 spiro atoms. The van der Waals surface area contributed by atoms with E-state index in [1.54, 1.807) is 6.08 Å². The molecule has 86 valence electrons. The van der Waals surface area contributed by atoms with Gasteiger partial charge in [-0.05, 0) is 25.7 Å². The molecule has 0 aromatic heterocycles. The van der Waals surface area contributed by atoms with Gasteiger partial charge in [-0.1, -0.05) is 19.4 Å². The van der Waals surface area contributed by atoms with Crippen LogP contribution >= 0.6 is 0 Å². The van der Waals surface area contributed by atoms with Crippen LogP contribution < -0.4 is 0 Å². The number of hydrogen-bond acceptors (Lipinski definition) is 2. The maximum atomic E-state index is 10.6. The lowest BCUT2D eigenvalue weighted by atomic mass is 9.99. The van der Waals surface area contributed by atoms with Crippen LogP contribution in [-0.4, -0.2) is 22.2 Å². The second-order valence-corrected chi connectivity index (χ2v) is 3.47. The van der Waals surface area contributed by atoms with Crippen molar-refractivity contribution in [3.05, 3.63) is 12.2 Å². The molecular formula is C11H18O4. The van der Waals surface area contributed by atoms with E-state index in [0.717, 1.165) is 18.9 Å². The Kier molecular flexibility index (Phi) is 7.32. The molecule has 0 aromatic carbocycles. The summed E-state index contributed by atoms with van der Waals surface area (Å²) in [6, 6.07) is 0. The molecule has 1 atom stereocenters. The SMILES string of the molecule is CCC(CCCCC=CC(=O)O)C(=O)O. The fourth-order valence-corrected chi connectivity index (χ4v) is 1.34. The average molecular weight is 214 g/mol. The van der Waals surface area contributed by atoms with Crippen LogP contribution in [0.3, 0.4) is 0 Å². The Balaban J connectivity index is 3.53. The largest absolute Gasteiger partial charge is 0.481 e. The van der Waals surface area contributed by atoms with Crippen LogP contribution in [0.4, 0.5) is 0 Å². The third kappa shape index (κ3) is 7.73. The van der Waals surface area contributed by atoms with Crippen LogP contribution in [0.5, 0.6) is 0 Å². The van der Waals surface area contributed by atoms with Crippen molar-refractivity contribution in [2.75, 3.05) is 0 Å². The molecule has 1 unspecified atom stereocenters. The Morgan fingerprint density at radius 1 is 1.27 bits per heavy atom. The van der Waals surface area contributed by atoms with E-state index in [0.29, 0.717) is 19.3 Å². The Hall–Kier alpha value is -1.32. The number of rotatable bonds is 8. The highest BCUT2D eigenvalue weighted by Gasteiger charge is 2.13. The van der Waals surface area contributed by atoms with E-state index in [-0.39, 0.29) is 5.92 Å². The normalized spacial score (nSPS) is 12.9. The summed E-state index contributed by atoms with van der Waals surface area (Å²) in [4.78, 5) is 20.8. The maximum absolute atomic E-state index is 10.6. The van der Waals surface area contributed by atoms with Crippen LogP contribution in [0.15, 0.2) is 12.2 Å². The molecule has 0 heterocycles. The summed E-state index contributed by atoms with van der Waals surface area (Å²) in [5.74, 6) is -1.93. The number of aliphatic carboxylic acids is 2. The van der Waals surface area contributed by atoms with Gasteiger partial charge in [0.05, 0.1) is 5.92 Å². The van der Waals surface area contributed by atoms with Crippen molar-refractivity contribution < 1.29 is 19.8 Å². The van der Waals surface area contributed by atoms with Crippen LogP contribution in [0, 0.1) is 5.92 Å². The zero-order valence-electron chi connectivity index (χ0n) is 8.98. The molecule has 4 nitrogen and oxygen atoms in total. The summed E-state index contributed by atoms with van der Waals surface area (Å²) in [5.41, 5.74) is 0. The molecule has 15 heavy (non-hydrogen) atoms. The van der Waals surface area contributed by atoms with Gasteiger partial charge in [-0.3, -0.25) is 4.79 Å². The molecule has 0 aliphatic rings. The lowest BCUT2D eigenvalue weighted by Gasteiger charge is -2.07. The van der Waals surface area contributed by atoms with E-state index in [2.05, 4.69) is 0 Å². The number of allylic oxidation sites excluding steroid dienone is 1. The molecule has 0 aliphatic heterocycles. The summed E-state index contributed by atoms with van der Waals surface area (Å²) in [7, 11) is 0. The van der Waals surface area contributed by atoms with Gasteiger partial charge < -0.3 is 10.2 Å². The summed E-state index contributed by atoms with van der Waals surface area (Å²) < 4.78 is 0. The van der Waals surface area contributed by atoms with Crippen molar-refractivity contribution in [2.45, 2.75) is 39.0 Å². The van der Waals surface area contributed by atoms with Gasteiger partial charge in [-0.15, -0.1) is 0 Å². The van der Waals surface area contributed by atoms with Crippen LogP contribution in [0.1, 0.15) is 39.0 Å². The number of hydrogen-bond donors (Lipinski definition) is 2. The predicted octanol–water partition coefficient (Wildman–Crippen LogP) is 2.30. The highest BCUT2D eigenvalue weighted by atomic mass is 16.4. The number of unbranched alkanes of at least 4 members (excludes halogenated alkanes) is 2. The van der Waals surface area contributed by atoms with Gasteiger partial charge in [0.25, 0.3) is 0 Å². The first kappa shape index (κ1) is 13.7. The number of carboxylic acids is 2. The molecule has 0 radical (unpaired) electrons. The fraction of sp³-hybridized carbons (Fsp3) is 0.636. The zero-order valence-corrected chi connectivity index (χ0v) is 8.98. The van der Waals surface area contributed by atoms with E-state index >= 15 is 0 Å². The van der Waals surface area contributed by atoms with Gasteiger partial charge in [-0.25, -0.2) is 4.79 Å². The molecule has 0 aromatic rings. The van der Waals surface area contributed by atoms with E-state index in [1.807, 2.05) is 6.92 Å². The highest BCUT2D eigenvalue weighted by molar-refractivity contribution is 5.79. The maximum Gasteiger partial charge on any atom is 0.327 e. The minimum atomic E-state index is -0.938. The highest BCUT2D eigenvalue weighted by Crippen LogP contribution is 2.13. The van der Waals surface area contributed by atoms with E-state index in [1.165, 1.54) is 0 Å². The lowest BCUT2D eigenvalue weighted by molar-refractivity contribution is -0.142. The summed E-state index contributed by atoms with van der Waals surface area (Å²) >= 11 is 0. The molecule has 2 N–H and O–H groups in total. The van der Waals surface area contributed by atoms with Crippen molar-refractivity contribution in [1.29, 1.82) is 0 Å². The number of carboxylic acid groups (broad SMARTS) is 2. The predicted molar refractivity (Wildman–Crippen MR) is 56.7 cm³/mol. The number of carbonyl (C=O) groups is 2. The van der Waals surface area contributed by atoms with Gasteiger partial charge in [0.1, 0.15) is 0 Å². The third-order valence-electron chi connectivity index (χ3n) is 2.28. The molecule has 0 fully saturated rings. The summed E-state index contributed by atoms with van der Waals surface area (Å²) in [5, 5.41) is 17.1. The smallest absolute Gasteiger partial charge is 0.327 e. The van der Waals surface area contributed by atoms with Crippen molar-refractivity contribution in [3.8, 4) is 0 Å². The van der Waals surface area contributed by atoms with E-state index < -0.39 is 11.9 Å². The van der Waals surface area contributed by atoms with Crippen LogP contribution in [0.2, 0.25) is 0 Å². The van der Waals surface area contributed by atoms with E-state index in [4.69, 9.17) is 10.2 Å². The molecule has 0 rings (SSSR count). The first-order chi connectivity index (χ1) is 7.07. The van der Waals surface area contributed by atoms with Crippen molar-refractivity contribution in [1.82, 2.24) is 0 Å². The van der Waals surface area contributed by atoms with Crippen molar-refractivity contribution in [3.63, 3.8) is 0 Å². The van der Waals surface area contributed by atoms with Gasteiger partial charge >= 0.3 is 11.9 Å². The van der Waals surface area contributed by atoms with Gasteiger partial charge in [0.2, 0.25) is 0 Å². The fourth-order valence-electron chi connectivity index (χ4n) is 1.34. The second-order valence-electron chi connectivity index (χ2n) is 3.47. The standard InChI is InChI=1S/C11H18O4/c1-2-9(11(14)15)7-5-3-4-6-8-10(12)13/h6,8-9H,2-5,7H2,1H3,(H,12,13)(H,14,15). The van der Waals surface area contributed by atoms with Crippen LogP contribution in [-0.2, 0) is 9.59 Å². The summed E-state index contributed by atoms with van der Waals surface area (Å²) in [6.07, 6.45) is 6.41. The molecule has 4 heteroatoms. The van der Waals surface area contributed by atoms with Gasteiger partial charge in [0.15, 0.2) is 0 Å². The topological polar surface area (TPSA) is 74.6 Å². The van der Waals surface area contributed by atoms with Crippen LogP contribution in [0.25, 0.3) is 0 Å². The lowest BCUT2D eigenvalue weighted by Crippen LogP contribution is -2.12. The third-order valence-corrected chi connectivity index (χ3v) is 2.28. The second kappa shape index (κ2) is 8.03. The molecular weight excluding hydrogens is 196 g/mol. The Morgan fingerprint density at radius 2 is 1.93 bits per heavy atom. The Bertz CT molecular complexity index is 233. The first-order valence-electron chi connectivity index (χ1n) is 5.20. The summed E-state index contributed by atoms with van der Waals surface area (Å²) in [6.45, 7) is 1.86.